The van der Waals surface area contributed by atoms with Gasteiger partial charge in [0.2, 0.25) is 0 Å². The highest BCUT2D eigenvalue weighted by Gasteiger charge is 2.43. The highest BCUT2D eigenvalue weighted by molar-refractivity contribution is 7.12. The third-order valence-corrected chi connectivity index (χ3v) is 5.84. The van der Waals surface area contributed by atoms with Gasteiger partial charge in [-0.1, -0.05) is 27.7 Å². The van der Waals surface area contributed by atoms with Gasteiger partial charge in [0, 0.05) is 22.8 Å². The zero-order valence-electron chi connectivity index (χ0n) is 12.9. The molecule has 1 N–H and O–H groups in total. The first-order valence-electron chi connectivity index (χ1n) is 7.32. The summed E-state index contributed by atoms with van der Waals surface area (Å²) in [6.07, 6.45) is 1.49. The Labute approximate surface area is 125 Å². The first-order chi connectivity index (χ1) is 9.27. The molecule has 0 radical (unpaired) electrons. The van der Waals surface area contributed by atoms with Gasteiger partial charge in [0.25, 0.3) is 0 Å². The lowest BCUT2D eigenvalue weighted by atomic mass is 9.84. The van der Waals surface area contributed by atoms with E-state index in [1.54, 1.807) is 0 Å². The topological polar surface area (TPSA) is 40.5 Å². The third kappa shape index (κ3) is 3.07. The first-order valence-corrected chi connectivity index (χ1v) is 8.13. The number of nitrogens with zero attached hydrogens (tertiary/aromatic N) is 1. The second-order valence-electron chi connectivity index (χ2n) is 6.92. The zero-order valence-corrected chi connectivity index (χ0v) is 13.7. The molecular weight excluding hydrogens is 270 g/mol. The molecule has 0 bridgehead atoms. The fourth-order valence-electron chi connectivity index (χ4n) is 2.79. The Morgan fingerprint density at radius 3 is 2.60 bits per heavy atom. The van der Waals surface area contributed by atoms with E-state index in [1.165, 1.54) is 9.75 Å². The van der Waals surface area contributed by atoms with Crippen LogP contribution in [0.3, 0.4) is 0 Å². The van der Waals surface area contributed by atoms with Crippen LogP contribution in [0.2, 0.25) is 0 Å². The summed E-state index contributed by atoms with van der Waals surface area (Å²) in [6.45, 7) is 11.1. The largest absolute Gasteiger partial charge is 0.481 e. The Hall–Kier alpha value is -0.870. The van der Waals surface area contributed by atoms with Crippen molar-refractivity contribution in [2.75, 3.05) is 13.1 Å². The number of hydrogen-bond donors (Lipinski definition) is 1. The van der Waals surface area contributed by atoms with Gasteiger partial charge >= 0.3 is 5.97 Å². The van der Waals surface area contributed by atoms with E-state index in [4.69, 9.17) is 0 Å². The van der Waals surface area contributed by atoms with E-state index in [0.717, 1.165) is 25.9 Å². The van der Waals surface area contributed by atoms with Crippen LogP contribution in [-0.4, -0.2) is 29.1 Å². The minimum Gasteiger partial charge on any atom is -0.481 e. The third-order valence-electron chi connectivity index (χ3n) is 4.34. The van der Waals surface area contributed by atoms with E-state index < -0.39 is 11.4 Å². The van der Waals surface area contributed by atoms with Crippen molar-refractivity contribution in [2.24, 2.45) is 5.41 Å². The lowest BCUT2D eigenvalue weighted by Crippen LogP contribution is -2.33. The van der Waals surface area contributed by atoms with E-state index >= 15 is 0 Å². The minimum absolute atomic E-state index is 0.197. The summed E-state index contributed by atoms with van der Waals surface area (Å²) in [6, 6.07) is 4.40. The Morgan fingerprint density at radius 1 is 1.45 bits per heavy atom. The van der Waals surface area contributed by atoms with Crippen LogP contribution >= 0.6 is 11.3 Å². The summed E-state index contributed by atoms with van der Waals surface area (Å²) >= 11 is 1.85. The number of carbonyl (C=O) groups is 1. The van der Waals surface area contributed by atoms with Crippen molar-refractivity contribution in [3.05, 3.63) is 21.9 Å². The molecule has 1 aliphatic heterocycles. The lowest BCUT2D eigenvalue weighted by molar-refractivity contribution is -0.148. The number of thiophene rings is 1. The van der Waals surface area contributed by atoms with E-state index in [1.807, 2.05) is 18.3 Å². The molecule has 0 saturated carbocycles. The predicted molar refractivity (Wildman–Crippen MR) is 83.3 cm³/mol. The Balaban J connectivity index is 2.02. The highest BCUT2D eigenvalue weighted by Crippen LogP contribution is 2.36. The second-order valence-corrected chi connectivity index (χ2v) is 8.08. The van der Waals surface area contributed by atoms with Crippen LogP contribution in [0.4, 0.5) is 0 Å². The van der Waals surface area contributed by atoms with Crippen LogP contribution in [0.25, 0.3) is 0 Å². The van der Waals surface area contributed by atoms with Crippen molar-refractivity contribution in [3.8, 4) is 0 Å². The summed E-state index contributed by atoms with van der Waals surface area (Å²) in [4.78, 5) is 16.5. The smallest absolute Gasteiger partial charge is 0.310 e. The lowest BCUT2D eigenvalue weighted by Gasteiger charge is -2.22. The maximum absolute atomic E-state index is 11.5. The van der Waals surface area contributed by atoms with Gasteiger partial charge in [-0.2, -0.15) is 0 Å². The molecule has 2 heterocycles. The van der Waals surface area contributed by atoms with Crippen LogP contribution < -0.4 is 0 Å². The van der Waals surface area contributed by atoms with Crippen molar-refractivity contribution in [1.29, 1.82) is 0 Å². The van der Waals surface area contributed by atoms with Crippen molar-refractivity contribution in [3.63, 3.8) is 0 Å². The maximum Gasteiger partial charge on any atom is 0.310 e. The van der Waals surface area contributed by atoms with Crippen molar-refractivity contribution in [2.45, 2.75) is 52.5 Å². The average molecular weight is 295 g/mol. The number of rotatable bonds is 4. The van der Waals surface area contributed by atoms with Gasteiger partial charge in [-0.25, -0.2) is 0 Å². The molecule has 1 atom stereocenters. The average Bonchev–Trinajstić information content (AvgIpc) is 2.96. The van der Waals surface area contributed by atoms with Crippen molar-refractivity contribution in [1.82, 2.24) is 4.90 Å². The Bertz CT molecular complexity index is 489. The molecule has 4 heteroatoms. The number of carboxylic acid groups (broad SMARTS) is 1. The molecule has 1 aromatic rings. The van der Waals surface area contributed by atoms with Crippen LogP contribution in [0, 0.1) is 5.41 Å². The molecule has 1 saturated heterocycles. The van der Waals surface area contributed by atoms with Gasteiger partial charge in [0.15, 0.2) is 0 Å². The fourth-order valence-corrected chi connectivity index (χ4v) is 3.90. The standard InChI is InChI=1S/C16H25NO2S/c1-5-16(14(18)19)8-9-17(11-16)10-12-6-7-13(20-12)15(2,3)4/h6-7H,5,8-11H2,1-4H3,(H,18,19). The molecule has 0 spiro atoms. The van der Waals surface area contributed by atoms with Gasteiger partial charge in [0.05, 0.1) is 5.41 Å². The molecule has 1 aliphatic rings. The monoisotopic (exact) mass is 295 g/mol. The minimum atomic E-state index is -0.635. The number of aliphatic carboxylic acids is 1. The number of likely N-dealkylation sites (tertiary alicyclic amines) is 1. The van der Waals surface area contributed by atoms with E-state index in [0.29, 0.717) is 6.54 Å². The first kappa shape index (κ1) is 15.5. The Kier molecular flexibility index (Phi) is 4.26. The van der Waals surface area contributed by atoms with Gasteiger partial charge in [-0.05, 0) is 36.9 Å². The van der Waals surface area contributed by atoms with Gasteiger partial charge in [-0.3, -0.25) is 9.69 Å². The predicted octanol–water partition coefficient (Wildman–Crippen LogP) is 3.73. The normalized spacial score (nSPS) is 24.2. The van der Waals surface area contributed by atoms with Gasteiger partial charge in [-0.15, -0.1) is 11.3 Å². The van der Waals surface area contributed by atoms with Gasteiger partial charge < -0.3 is 5.11 Å². The number of hydrogen-bond acceptors (Lipinski definition) is 3. The van der Waals surface area contributed by atoms with Crippen LogP contribution in [0.15, 0.2) is 12.1 Å². The SMILES string of the molecule is CCC1(C(=O)O)CCN(Cc2ccc(C(C)(C)C)s2)C1. The summed E-state index contributed by atoms with van der Waals surface area (Å²) in [7, 11) is 0. The molecule has 112 valence electrons. The summed E-state index contributed by atoms with van der Waals surface area (Å²) in [5, 5.41) is 9.43. The molecule has 20 heavy (non-hydrogen) atoms. The second kappa shape index (κ2) is 5.49. The molecule has 0 aliphatic carbocycles. The fraction of sp³-hybridized carbons (Fsp3) is 0.688. The summed E-state index contributed by atoms with van der Waals surface area (Å²) in [5.74, 6) is -0.635. The molecule has 0 amide bonds. The van der Waals surface area contributed by atoms with Crippen molar-refractivity contribution < 1.29 is 9.90 Å². The molecular formula is C16H25NO2S. The van der Waals surface area contributed by atoms with Gasteiger partial charge in [0.1, 0.15) is 0 Å². The molecule has 2 rings (SSSR count). The highest BCUT2D eigenvalue weighted by atomic mass is 32.1. The molecule has 1 fully saturated rings. The van der Waals surface area contributed by atoms with Crippen molar-refractivity contribution >= 4 is 17.3 Å². The maximum atomic E-state index is 11.5. The van der Waals surface area contributed by atoms with E-state index in [2.05, 4.69) is 37.8 Å². The number of carboxylic acids is 1. The van der Waals surface area contributed by atoms with E-state index in [-0.39, 0.29) is 5.41 Å². The molecule has 1 unspecified atom stereocenters. The Morgan fingerprint density at radius 2 is 2.15 bits per heavy atom. The van der Waals surface area contributed by atoms with Crippen LogP contribution in [0.5, 0.6) is 0 Å². The summed E-state index contributed by atoms with van der Waals surface area (Å²) < 4.78 is 0. The van der Waals surface area contributed by atoms with E-state index in [9.17, 15) is 9.90 Å². The zero-order chi connectivity index (χ0) is 15.0. The molecule has 0 aromatic carbocycles. The summed E-state index contributed by atoms with van der Waals surface area (Å²) in [5.41, 5.74) is -0.327. The quantitative estimate of drug-likeness (QED) is 0.920. The molecule has 3 nitrogen and oxygen atoms in total. The van der Waals surface area contributed by atoms with Crippen LogP contribution in [0.1, 0.15) is 50.3 Å². The van der Waals surface area contributed by atoms with Crippen LogP contribution in [-0.2, 0) is 16.8 Å². The molecule has 1 aromatic heterocycles.